The number of ether oxygens (including phenoxy) is 1. The molecule has 0 spiro atoms. The van der Waals surface area contributed by atoms with E-state index in [9.17, 15) is 0 Å². The van der Waals surface area contributed by atoms with Gasteiger partial charge in [-0.3, -0.25) is 0 Å². The molecule has 90 valence electrons. The molecule has 2 nitrogen and oxygen atoms in total. The molecule has 1 saturated carbocycles. The zero-order valence-electron chi connectivity index (χ0n) is 10.8. The maximum absolute atomic E-state index is 5.14. The molecule has 1 rings (SSSR count). The molecule has 0 aromatic carbocycles. The van der Waals surface area contributed by atoms with Crippen LogP contribution in [0.1, 0.15) is 46.5 Å². The number of methoxy groups -OCH3 is 1. The average Bonchev–Trinajstić information content (AvgIpc) is 2.97. The molecular formula is C13H27NO. The van der Waals surface area contributed by atoms with Crippen molar-refractivity contribution in [3.05, 3.63) is 0 Å². The van der Waals surface area contributed by atoms with E-state index in [1.54, 1.807) is 7.11 Å². The van der Waals surface area contributed by atoms with E-state index in [2.05, 4.69) is 26.1 Å². The van der Waals surface area contributed by atoms with Gasteiger partial charge in [0.05, 0.1) is 0 Å². The fourth-order valence-electron chi connectivity index (χ4n) is 1.82. The van der Waals surface area contributed by atoms with E-state index < -0.39 is 0 Å². The Labute approximate surface area is 94.8 Å². The minimum absolute atomic E-state index is 0.431. The SMILES string of the molecule is COCCC(C)C(C)(C)CCNC1CC1. The zero-order valence-corrected chi connectivity index (χ0v) is 10.8. The quantitative estimate of drug-likeness (QED) is 0.669. The lowest BCUT2D eigenvalue weighted by Gasteiger charge is -2.32. The number of rotatable bonds is 8. The van der Waals surface area contributed by atoms with Crippen LogP contribution in [0.15, 0.2) is 0 Å². The normalized spacial score (nSPS) is 19.2. The maximum Gasteiger partial charge on any atom is 0.0465 e. The molecule has 0 bridgehead atoms. The van der Waals surface area contributed by atoms with Crippen LogP contribution in [0.3, 0.4) is 0 Å². The summed E-state index contributed by atoms with van der Waals surface area (Å²) in [5.41, 5.74) is 0.431. The topological polar surface area (TPSA) is 21.3 Å². The molecule has 2 heteroatoms. The van der Waals surface area contributed by atoms with Crippen LogP contribution in [0.25, 0.3) is 0 Å². The van der Waals surface area contributed by atoms with E-state index in [1.165, 1.54) is 32.2 Å². The van der Waals surface area contributed by atoms with Gasteiger partial charge in [0.1, 0.15) is 0 Å². The summed E-state index contributed by atoms with van der Waals surface area (Å²) in [6, 6.07) is 0.843. The van der Waals surface area contributed by atoms with Crippen molar-refractivity contribution in [1.82, 2.24) is 5.32 Å². The zero-order chi connectivity index (χ0) is 11.3. The Hall–Kier alpha value is -0.0800. The van der Waals surface area contributed by atoms with Gasteiger partial charge in [-0.1, -0.05) is 20.8 Å². The summed E-state index contributed by atoms with van der Waals surface area (Å²) in [4.78, 5) is 0. The lowest BCUT2D eigenvalue weighted by atomic mass is 9.76. The Morgan fingerprint density at radius 3 is 2.60 bits per heavy atom. The van der Waals surface area contributed by atoms with E-state index >= 15 is 0 Å². The van der Waals surface area contributed by atoms with E-state index in [0.29, 0.717) is 5.41 Å². The third kappa shape index (κ3) is 4.98. The molecule has 0 aromatic rings. The van der Waals surface area contributed by atoms with Crippen molar-refractivity contribution in [3.63, 3.8) is 0 Å². The highest BCUT2D eigenvalue weighted by molar-refractivity contribution is 4.83. The molecule has 0 radical (unpaired) electrons. The summed E-state index contributed by atoms with van der Waals surface area (Å²) in [7, 11) is 1.79. The van der Waals surface area contributed by atoms with Gasteiger partial charge in [0.25, 0.3) is 0 Å². The average molecular weight is 213 g/mol. The largest absolute Gasteiger partial charge is 0.385 e. The Morgan fingerprint density at radius 1 is 1.40 bits per heavy atom. The predicted molar refractivity (Wildman–Crippen MR) is 65.1 cm³/mol. The van der Waals surface area contributed by atoms with Crippen LogP contribution < -0.4 is 5.32 Å². The highest BCUT2D eigenvalue weighted by atomic mass is 16.5. The fraction of sp³-hybridized carbons (Fsp3) is 1.00. The highest BCUT2D eigenvalue weighted by Gasteiger charge is 2.26. The number of nitrogens with one attached hydrogen (secondary N) is 1. The first kappa shape index (κ1) is 13.0. The van der Waals surface area contributed by atoms with Gasteiger partial charge in [0.2, 0.25) is 0 Å². The van der Waals surface area contributed by atoms with Gasteiger partial charge in [0, 0.05) is 19.8 Å². The molecule has 1 unspecified atom stereocenters. The molecule has 15 heavy (non-hydrogen) atoms. The summed E-state index contributed by atoms with van der Waals surface area (Å²) >= 11 is 0. The van der Waals surface area contributed by atoms with E-state index in [1.807, 2.05) is 0 Å². The second kappa shape index (κ2) is 5.86. The molecule has 0 aliphatic heterocycles. The maximum atomic E-state index is 5.14. The third-order valence-corrected chi connectivity index (χ3v) is 3.87. The Kier molecular flexibility index (Phi) is 5.07. The Bertz CT molecular complexity index is 175. The molecule has 0 amide bonds. The minimum atomic E-state index is 0.431. The number of hydrogen-bond acceptors (Lipinski definition) is 2. The number of hydrogen-bond donors (Lipinski definition) is 1. The van der Waals surface area contributed by atoms with Gasteiger partial charge >= 0.3 is 0 Å². The van der Waals surface area contributed by atoms with Crippen LogP contribution in [-0.2, 0) is 4.74 Å². The van der Waals surface area contributed by atoms with Gasteiger partial charge in [-0.2, -0.15) is 0 Å². The summed E-state index contributed by atoms with van der Waals surface area (Å²) in [6.45, 7) is 9.16. The van der Waals surface area contributed by atoms with Crippen molar-refractivity contribution in [3.8, 4) is 0 Å². The first-order valence-electron chi connectivity index (χ1n) is 6.28. The van der Waals surface area contributed by atoms with Crippen molar-refractivity contribution >= 4 is 0 Å². The Balaban J connectivity index is 2.15. The third-order valence-electron chi connectivity index (χ3n) is 3.87. The molecule has 1 fully saturated rings. The van der Waals surface area contributed by atoms with Gasteiger partial charge in [0.15, 0.2) is 0 Å². The van der Waals surface area contributed by atoms with Crippen molar-refractivity contribution in [1.29, 1.82) is 0 Å². The lowest BCUT2D eigenvalue weighted by Crippen LogP contribution is -2.29. The molecule has 1 atom stereocenters. The van der Waals surface area contributed by atoms with Crippen molar-refractivity contribution in [2.75, 3.05) is 20.3 Å². The van der Waals surface area contributed by atoms with Crippen LogP contribution in [0.2, 0.25) is 0 Å². The molecule has 0 saturated heterocycles. The highest BCUT2D eigenvalue weighted by Crippen LogP contribution is 2.32. The van der Waals surface area contributed by atoms with Crippen LogP contribution >= 0.6 is 0 Å². The van der Waals surface area contributed by atoms with Gasteiger partial charge in [-0.15, -0.1) is 0 Å². The smallest absolute Gasteiger partial charge is 0.0465 e. The van der Waals surface area contributed by atoms with Crippen molar-refractivity contribution < 1.29 is 4.74 Å². The van der Waals surface area contributed by atoms with Crippen LogP contribution in [0, 0.1) is 11.3 Å². The van der Waals surface area contributed by atoms with E-state index in [0.717, 1.165) is 18.6 Å². The summed E-state index contributed by atoms with van der Waals surface area (Å²) in [5.74, 6) is 0.735. The second-order valence-electron chi connectivity index (χ2n) is 5.65. The molecule has 0 heterocycles. The van der Waals surface area contributed by atoms with E-state index in [4.69, 9.17) is 4.74 Å². The molecule has 1 aliphatic carbocycles. The summed E-state index contributed by atoms with van der Waals surface area (Å²) < 4.78 is 5.14. The lowest BCUT2D eigenvalue weighted by molar-refractivity contribution is 0.130. The summed E-state index contributed by atoms with van der Waals surface area (Å²) in [6.07, 6.45) is 5.22. The molecule has 1 aliphatic rings. The standard InChI is InChI=1S/C13H27NO/c1-11(7-10-15-4)13(2,3)8-9-14-12-5-6-12/h11-12,14H,5-10H2,1-4H3. The minimum Gasteiger partial charge on any atom is -0.385 e. The van der Waals surface area contributed by atoms with Crippen molar-refractivity contribution in [2.45, 2.75) is 52.5 Å². The molecule has 0 aromatic heterocycles. The van der Waals surface area contributed by atoms with E-state index in [-0.39, 0.29) is 0 Å². The first-order chi connectivity index (χ1) is 7.06. The van der Waals surface area contributed by atoms with Crippen LogP contribution in [0.4, 0.5) is 0 Å². The van der Waals surface area contributed by atoms with Gasteiger partial charge in [-0.25, -0.2) is 0 Å². The predicted octanol–water partition coefficient (Wildman–Crippen LogP) is 2.83. The van der Waals surface area contributed by atoms with Gasteiger partial charge < -0.3 is 10.1 Å². The van der Waals surface area contributed by atoms with Gasteiger partial charge in [-0.05, 0) is 43.6 Å². The Morgan fingerprint density at radius 2 is 2.07 bits per heavy atom. The molecule has 1 N–H and O–H groups in total. The molecular weight excluding hydrogens is 186 g/mol. The van der Waals surface area contributed by atoms with Crippen LogP contribution in [-0.4, -0.2) is 26.3 Å². The summed E-state index contributed by atoms with van der Waals surface area (Å²) in [5, 5.41) is 3.59. The monoisotopic (exact) mass is 213 g/mol. The second-order valence-corrected chi connectivity index (χ2v) is 5.65. The first-order valence-corrected chi connectivity index (χ1v) is 6.28. The van der Waals surface area contributed by atoms with Crippen molar-refractivity contribution in [2.24, 2.45) is 11.3 Å². The van der Waals surface area contributed by atoms with Crippen LogP contribution in [0.5, 0.6) is 0 Å². The fourth-order valence-corrected chi connectivity index (χ4v) is 1.82.